The van der Waals surface area contributed by atoms with Gasteiger partial charge in [-0.25, -0.2) is 0 Å². The molecule has 1 aliphatic rings. The van der Waals surface area contributed by atoms with E-state index < -0.39 is 0 Å². The molecule has 0 aromatic carbocycles. The monoisotopic (exact) mass is 282 g/mol. The summed E-state index contributed by atoms with van der Waals surface area (Å²) in [5.41, 5.74) is 0. The fourth-order valence-corrected chi connectivity index (χ4v) is 1.03. The Hall–Kier alpha value is -3.15. The molecule has 0 aromatic rings. The van der Waals surface area contributed by atoms with Gasteiger partial charge >= 0.3 is 0 Å². The van der Waals surface area contributed by atoms with Crippen LogP contribution in [0.1, 0.15) is 0 Å². The van der Waals surface area contributed by atoms with E-state index in [0.717, 1.165) is 0 Å². The maximum absolute atomic E-state index is 11.4. The van der Waals surface area contributed by atoms with Crippen molar-refractivity contribution in [3.8, 4) is 0 Å². The maximum Gasteiger partial charge on any atom is 0.178 e. The highest BCUT2D eigenvalue weighted by atomic mass is 16.6. The molecule has 0 spiro atoms. The van der Waals surface area contributed by atoms with Crippen LogP contribution < -0.4 is 0 Å². The number of rotatable bonds is 0. The van der Waals surface area contributed by atoms with E-state index in [4.69, 9.17) is 0 Å². The van der Waals surface area contributed by atoms with Gasteiger partial charge in [-0.1, -0.05) is 48.6 Å². The Kier molecular flexibility index (Phi) is 9.02. The van der Waals surface area contributed by atoms with Gasteiger partial charge < -0.3 is 4.84 Å². The number of nitrogens with zero attached hydrogens (tertiary/aromatic N) is 4. The van der Waals surface area contributed by atoms with Crippen LogP contribution in [-0.4, -0.2) is 5.78 Å². The number of allylic oxidation sites excluding steroid dienone is 12. The van der Waals surface area contributed by atoms with Crippen molar-refractivity contribution in [2.45, 2.75) is 0 Å². The second-order valence-corrected chi connectivity index (χ2v) is 3.43. The molecule has 6 heteroatoms. The Balaban J connectivity index is 2.70. The van der Waals surface area contributed by atoms with Crippen molar-refractivity contribution < 1.29 is 9.63 Å². The zero-order chi connectivity index (χ0) is 15.0. The van der Waals surface area contributed by atoms with Gasteiger partial charge in [0, 0.05) is 5.22 Å². The first-order valence-electron chi connectivity index (χ1n) is 6.06. The number of hydrogen-bond acceptors (Lipinski definition) is 6. The van der Waals surface area contributed by atoms with E-state index in [1.54, 1.807) is 60.8 Å². The van der Waals surface area contributed by atoms with Crippen molar-refractivity contribution in [3.05, 3.63) is 85.4 Å². The summed E-state index contributed by atoms with van der Waals surface area (Å²) in [4.78, 5) is 16.1. The fraction of sp³-hybridized carbons (Fsp3) is 0. The van der Waals surface area contributed by atoms with Crippen LogP contribution in [0.3, 0.4) is 0 Å². The van der Waals surface area contributed by atoms with Gasteiger partial charge in [0.1, 0.15) is 6.26 Å². The zero-order valence-electron chi connectivity index (χ0n) is 11.2. The van der Waals surface area contributed by atoms with Gasteiger partial charge in [0.05, 0.1) is 11.5 Å². The van der Waals surface area contributed by atoms with Gasteiger partial charge in [-0.3, -0.25) is 4.79 Å². The minimum absolute atomic E-state index is 0.1000. The van der Waals surface area contributed by atoms with Gasteiger partial charge in [0.25, 0.3) is 0 Å². The standard InChI is InChI=1S/C15H14N4O2/c20-15-11-7-3-1-2-5-9-13-16-17-18-19-21-14-10-6-4-8-12-15/h1-14H/b3-1-,5-2-,6-4-,11-7-,12-8-,13-9-,14-10-,17-16-,19-18-. The molecule has 6 nitrogen and oxygen atoms in total. The minimum atomic E-state index is -0.1000. The number of hydrogen-bond donors (Lipinski definition) is 0. The molecule has 0 atom stereocenters. The highest BCUT2D eigenvalue weighted by Crippen LogP contribution is 1.90. The Morgan fingerprint density at radius 1 is 0.714 bits per heavy atom. The van der Waals surface area contributed by atoms with E-state index in [9.17, 15) is 4.79 Å². The summed E-state index contributed by atoms with van der Waals surface area (Å²) in [5.74, 6) is -0.1000. The smallest absolute Gasteiger partial charge is 0.178 e. The molecule has 0 amide bonds. The van der Waals surface area contributed by atoms with E-state index in [0.29, 0.717) is 0 Å². The van der Waals surface area contributed by atoms with Crippen LogP contribution in [0.15, 0.2) is 106 Å². The summed E-state index contributed by atoms with van der Waals surface area (Å²) >= 11 is 0. The maximum atomic E-state index is 11.4. The molecular weight excluding hydrogens is 268 g/mol. The molecule has 0 fully saturated rings. The number of carbonyl (C=O) groups excluding carboxylic acids is 1. The molecule has 21 heavy (non-hydrogen) atoms. The van der Waals surface area contributed by atoms with Crippen LogP contribution in [0.25, 0.3) is 0 Å². The lowest BCUT2D eigenvalue weighted by Crippen LogP contribution is -1.82. The Bertz CT molecular complexity index is 576. The van der Waals surface area contributed by atoms with Gasteiger partial charge in [0.2, 0.25) is 0 Å². The van der Waals surface area contributed by atoms with Crippen LogP contribution in [0.5, 0.6) is 0 Å². The van der Waals surface area contributed by atoms with E-state index in [1.807, 2.05) is 0 Å². The highest BCUT2D eigenvalue weighted by Gasteiger charge is 1.83. The lowest BCUT2D eigenvalue weighted by molar-refractivity contribution is -0.110. The predicted molar refractivity (Wildman–Crippen MR) is 79.8 cm³/mol. The largest absolute Gasteiger partial charge is 0.346 e. The van der Waals surface area contributed by atoms with Crippen molar-refractivity contribution in [2.75, 3.05) is 0 Å². The first-order chi connectivity index (χ1) is 10.4. The lowest BCUT2D eigenvalue weighted by atomic mass is 10.3. The summed E-state index contributed by atoms with van der Waals surface area (Å²) in [5, 5.41) is 13.5. The van der Waals surface area contributed by atoms with Crippen LogP contribution in [0.2, 0.25) is 0 Å². The normalized spacial score (nSPS) is 30.0. The molecule has 1 aliphatic heterocycles. The Morgan fingerprint density at radius 2 is 1.33 bits per heavy atom. The topological polar surface area (TPSA) is 75.7 Å². The van der Waals surface area contributed by atoms with Crippen molar-refractivity contribution in [2.24, 2.45) is 20.8 Å². The van der Waals surface area contributed by atoms with Crippen LogP contribution >= 0.6 is 0 Å². The van der Waals surface area contributed by atoms with Crippen molar-refractivity contribution >= 4 is 5.78 Å². The van der Waals surface area contributed by atoms with E-state index in [1.165, 1.54) is 24.6 Å². The zero-order valence-corrected chi connectivity index (χ0v) is 11.2. The molecular formula is C15H14N4O2. The predicted octanol–water partition coefficient (Wildman–Crippen LogP) is 4.13. The second-order valence-electron chi connectivity index (χ2n) is 3.43. The van der Waals surface area contributed by atoms with Gasteiger partial charge in [0.15, 0.2) is 5.78 Å². The molecule has 0 aromatic heterocycles. The van der Waals surface area contributed by atoms with Crippen molar-refractivity contribution in [1.82, 2.24) is 0 Å². The molecule has 0 saturated carbocycles. The molecule has 0 bridgehead atoms. The SMILES string of the molecule is O=C1\C=C/C=C\C=C/C=C\N=N/N=N\O\C=C/C=C\C=C/1. The number of carbonyl (C=O) groups is 1. The third-order valence-electron chi connectivity index (χ3n) is 1.88. The summed E-state index contributed by atoms with van der Waals surface area (Å²) in [7, 11) is 0. The van der Waals surface area contributed by atoms with Gasteiger partial charge in [-0.15, -0.1) is 5.11 Å². The van der Waals surface area contributed by atoms with E-state index in [2.05, 4.69) is 25.7 Å². The molecule has 0 aliphatic carbocycles. The lowest BCUT2D eigenvalue weighted by Gasteiger charge is -1.81. The summed E-state index contributed by atoms with van der Waals surface area (Å²) in [6.45, 7) is 0. The van der Waals surface area contributed by atoms with Gasteiger partial charge in [-0.05, 0) is 29.5 Å². The molecule has 0 N–H and O–H groups in total. The molecule has 1 heterocycles. The summed E-state index contributed by atoms with van der Waals surface area (Å²) in [6, 6.07) is 0. The average Bonchev–Trinajstić information content (AvgIpc) is 2.48. The highest BCUT2D eigenvalue weighted by molar-refractivity contribution is 5.99. The van der Waals surface area contributed by atoms with E-state index in [-0.39, 0.29) is 5.78 Å². The quantitative estimate of drug-likeness (QED) is 0.669. The molecule has 0 unspecified atom stereocenters. The Labute approximate surface area is 122 Å². The number of ketones is 1. The van der Waals surface area contributed by atoms with Crippen LogP contribution in [-0.2, 0) is 9.63 Å². The second kappa shape index (κ2) is 11.9. The first-order valence-corrected chi connectivity index (χ1v) is 6.06. The van der Waals surface area contributed by atoms with Gasteiger partial charge in [-0.2, -0.15) is 0 Å². The third-order valence-corrected chi connectivity index (χ3v) is 1.88. The van der Waals surface area contributed by atoms with Crippen LogP contribution in [0, 0.1) is 0 Å². The molecule has 0 radical (unpaired) electrons. The fourth-order valence-electron chi connectivity index (χ4n) is 1.03. The molecule has 106 valence electrons. The third kappa shape index (κ3) is 10.5. The molecule has 0 saturated heterocycles. The summed E-state index contributed by atoms with van der Waals surface area (Å²) < 4.78 is 0. The molecule has 1 rings (SSSR count). The van der Waals surface area contributed by atoms with Crippen molar-refractivity contribution in [1.29, 1.82) is 0 Å². The first kappa shape index (κ1) is 15.9. The minimum Gasteiger partial charge on any atom is -0.346 e. The van der Waals surface area contributed by atoms with Crippen molar-refractivity contribution in [3.63, 3.8) is 0 Å². The Morgan fingerprint density at radius 3 is 2.10 bits per heavy atom. The average molecular weight is 282 g/mol. The van der Waals surface area contributed by atoms with E-state index >= 15 is 0 Å². The van der Waals surface area contributed by atoms with Crippen LogP contribution in [0.4, 0.5) is 0 Å². The summed E-state index contributed by atoms with van der Waals surface area (Å²) in [6.07, 6.45) is 22.7.